The highest BCUT2D eigenvalue weighted by atomic mass is 16.6. The Morgan fingerprint density at radius 2 is 1.89 bits per heavy atom. The lowest BCUT2D eigenvalue weighted by molar-refractivity contribution is -0.135. The fraction of sp³-hybridized carbons (Fsp3) is 0.619. The molecule has 0 aromatic heterocycles. The van der Waals surface area contributed by atoms with Crippen LogP contribution >= 0.6 is 0 Å². The largest absolute Gasteiger partial charge is 0.497 e. The molecular formula is C21H30N2O4. The molecule has 1 saturated carbocycles. The molecule has 1 N–H and O–H groups in total. The zero-order valence-corrected chi connectivity index (χ0v) is 16.7. The van der Waals surface area contributed by atoms with E-state index in [1.807, 2.05) is 49.9 Å². The van der Waals surface area contributed by atoms with Gasteiger partial charge in [0.1, 0.15) is 11.4 Å². The van der Waals surface area contributed by atoms with E-state index < -0.39 is 11.7 Å². The number of carbonyl (C=O) groups is 2. The highest BCUT2D eigenvalue weighted by Crippen LogP contribution is 2.34. The van der Waals surface area contributed by atoms with Crippen molar-refractivity contribution in [3.63, 3.8) is 0 Å². The van der Waals surface area contributed by atoms with E-state index in [4.69, 9.17) is 9.47 Å². The Kier molecular flexibility index (Phi) is 5.63. The van der Waals surface area contributed by atoms with E-state index in [-0.39, 0.29) is 17.9 Å². The number of hydrogen-bond acceptors (Lipinski definition) is 4. The molecule has 2 fully saturated rings. The molecule has 6 heteroatoms. The van der Waals surface area contributed by atoms with Crippen molar-refractivity contribution in [3.05, 3.63) is 29.8 Å². The lowest BCUT2D eigenvalue weighted by Crippen LogP contribution is -2.54. The molecule has 1 aliphatic carbocycles. The van der Waals surface area contributed by atoms with Crippen LogP contribution in [0, 0.1) is 5.92 Å². The number of amides is 2. The monoisotopic (exact) mass is 374 g/mol. The number of piperidine rings is 1. The van der Waals surface area contributed by atoms with Crippen molar-refractivity contribution in [2.75, 3.05) is 20.2 Å². The highest BCUT2D eigenvalue weighted by Gasteiger charge is 2.38. The van der Waals surface area contributed by atoms with Gasteiger partial charge in [0.25, 0.3) is 0 Å². The Labute approximate surface area is 161 Å². The molecule has 2 aliphatic rings. The van der Waals surface area contributed by atoms with Crippen LogP contribution in [0.5, 0.6) is 5.75 Å². The minimum Gasteiger partial charge on any atom is -0.497 e. The van der Waals surface area contributed by atoms with Crippen LogP contribution in [0.2, 0.25) is 0 Å². The summed E-state index contributed by atoms with van der Waals surface area (Å²) in [4.78, 5) is 27.0. The summed E-state index contributed by atoms with van der Waals surface area (Å²) < 4.78 is 10.7. The van der Waals surface area contributed by atoms with Crippen molar-refractivity contribution in [1.82, 2.24) is 10.2 Å². The molecule has 1 saturated heterocycles. The van der Waals surface area contributed by atoms with E-state index in [1.54, 1.807) is 7.11 Å². The van der Waals surface area contributed by atoms with Gasteiger partial charge in [-0.3, -0.25) is 4.79 Å². The van der Waals surface area contributed by atoms with E-state index in [2.05, 4.69) is 5.32 Å². The van der Waals surface area contributed by atoms with E-state index in [1.165, 1.54) is 12.8 Å². The van der Waals surface area contributed by atoms with E-state index in [0.29, 0.717) is 18.9 Å². The molecule has 6 nitrogen and oxygen atoms in total. The quantitative estimate of drug-likeness (QED) is 0.859. The molecule has 1 heterocycles. The first-order chi connectivity index (χ1) is 12.7. The molecule has 0 unspecified atom stereocenters. The first-order valence-corrected chi connectivity index (χ1v) is 9.66. The Bertz CT molecular complexity index is 676. The summed E-state index contributed by atoms with van der Waals surface area (Å²) in [5, 5.41) is 3.01. The summed E-state index contributed by atoms with van der Waals surface area (Å²) >= 11 is 0. The number of ether oxygens (including phenoxy) is 2. The number of alkyl carbamates (subject to hydrolysis) is 1. The second-order valence-corrected chi connectivity index (χ2v) is 8.58. The van der Waals surface area contributed by atoms with Gasteiger partial charge in [0.15, 0.2) is 0 Å². The highest BCUT2D eigenvalue weighted by molar-refractivity contribution is 5.79. The van der Waals surface area contributed by atoms with E-state index in [9.17, 15) is 9.59 Å². The molecule has 1 aromatic rings. The first kappa shape index (κ1) is 19.5. The van der Waals surface area contributed by atoms with Gasteiger partial charge in [-0.2, -0.15) is 0 Å². The van der Waals surface area contributed by atoms with Gasteiger partial charge in [-0.1, -0.05) is 12.1 Å². The predicted octanol–water partition coefficient (Wildman–Crippen LogP) is 3.31. The van der Waals surface area contributed by atoms with Crippen molar-refractivity contribution in [2.45, 2.75) is 57.6 Å². The predicted molar refractivity (Wildman–Crippen MR) is 103 cm³/mol. The van der Waals surface area contributed by atoms with Gasteiger partial charge in [-0.25, -0.2) is 4.79 Å². The minimum atomic E-state index is -0.558. The third kappa shape index (κ3) is 5.37. The van der Waals surface area contributed by atoms with Crippen molar-refractivity contribution >= 4 is 12.0 Å². The van der Waals surface area contributed by atoms with Gasteiger partial charge in [-0.15, -0.1) is 0 Å². The van der Waals surface area contributed by atoms with Gasteiger partial charge < -0.3 is 19.7 Å². The summed E-state index contributed by atoms with van der Waals surface area (Å²) in [6, 6.07) is 7.54. The summed E-state index contributed by atoms with van der Waals surface area (Å²) in [5.41, 5.74) is 0.467. The maximum atomic E-state index is 12.7. The number of likely N-dealkylation sites (tertiary alicyclic amines) is 1. The number of benzene rings is 1. The number of rotatable bonds is 5. The second kappa shape index (κ2) is 7.79. The van der Waals surface area contributed by atoms with Gasteiger partial charge >= 0.3 is 6.09 Å². The zero-order chi connectivity index (χ0) is 19.6. The molecule has 1 aromatic carbocycles. The fourth-order valence-electron chi connectivity index (χ4n) is 3.52. The summed E-state index contributed by atoms with van der Waals surface area (Å²) in [7, 11) is 1.63. The summed E-state index contributed by atoms with van der Waals surface area (Å²) in [6.45, 7) is 6.85. The number of hydrogen-bond donors (Lipinski definition) is 1. The van der Waals surface area contributed by atoms with Crippen LogP contribution in [0.3, 0.4) is 0 Å². The Hall–Kier alpha value is -2.24. The minimum absolute atomic E-state index is 0.0774. The van der Waals surface area contributed by atoms with E-state index >= 15 is 0 Å². The van der Waals surface area contributed by atoms with Crippen molar-refractivity contribution < 1.29 is 19.1 Å². The van der Waals surface area contributed by atoms with E-state index in [0.717, 1.165) is 17.9 Å². The number of methoxy groups -OCH3 is 1. The molecule has 0 spiro atoms. The van der Waals surface area contributed by atoms with Crippen molar-refractivity contribution in [3.8, 4) is 5.75 Å². The fourth-order valence-corrected chi connectivity index (χ4v) is 3.52. The average molecular weight is 374 g/mol. The standard InChI is InChI=1S/C21H30N2O4/c1-21(2,3)27-20(25)22-18-13-23(12-14-5-6-14)19(24)11-17(18)15-7-9-16(26-4)10-8-15/h7-10,14,17-18H,5-6,11-13H2,1-4H3,(H,22,25)/t17-,18+/m0/s1. The number of nitrogens with one attached hydrogen (secondary N) is 1. The maximum absolute atomic E-state index is 12.7. The lowest BCUT2D eigenvalue weighted by atomic mass is 9.84. The summed E-state index contributed by atoms with van der Waals surface area (Å²) in [6.07, 6.45) is 2.33. The Morgan fingerprint density at radius 1 is 1.22 bits per heavy atom. The van der Waals surface area contributed by atoms with Crippen LogP contribution in [0.1, 0.15) is 51.5 Å². The number of nitrogens with zero attached hydrogens (tertiary/aromatic N) is 1. The maximum Gasteiger partial charge on any atom is 0.407 e. The van der Waals surface area contributed by atoms with Crippen LogP contribution in [-0.4, -0.2) is 48.7 Å². The molecule has 148 valence electrons. The third-order valence-corrected chi connectivity index (χ3v) is 5.07. The van der Waals surface area contributed by atoms with Crippen LogP contribution in [0.25, 0.3) is 0 Å². The molecule has 2 amide bonds. The molecular weight excluding hydrogens is 344 g/mol. The van der Waals surface area contributed by atoms with Crippen molar-refractivity contribution in [1.29, 1.82) is 0 Å². The van der Waals surface area contributed by atoms with Gasteiger partial charge in [-0.05, 0) is 57.2 Å². The lowest BCUT2D eigenvalue weighted by Gasteiger charge is -2.39. The third-order valence-electron chi connectivity index (χ3n) is 5.07. The molecule has 3 rings (SSSR count). The molecule has 2 atom stereocenters. The second-order valence-electron chi connectivity index (χ2n) is 8.58. The van der Waals surface area contributed by atoms with Gasteiger partial charge in [0.05, 0.1) is 13.2 Å². The smallest absolute Gasteiger partial charge is 0.407 e. The Morgan fingerprint density at radius 3 is 2.44 bits per heavy atom. The van der Waals surface area contributed by atoms with Gasteiger partial charge in [0, 0.05) is 25.4 Å². The number of carbonyl (C=O) groups excluding carboxylic acids is 2. The van der Waals surface area contributed by atoms with Gasteiger partial charge in [0.2, 0.25) is 5.91 Å². The normalized spacial score (nSPS) is 23.1. The Balaban J connectivity index is 1.76. The topological polar surface area (TPSA) is 67.9 Å². The zero-order valence-electron chi connectivity index (χ0n) is 16.7. The van der Waals surface area contributed by atoms with Crippen LogP contribution in [-0.2, 0) is 9.53 Å². The molecule has 27 heavy (non-hydrogen) atoms. The summed E-state index contributed by atoms with van der Waals surface area (Å²) in [5.74, 6) is 1.47. The first-order valence-electron chi connectivity index (χ1n) is 9.66. The van der Waals surface area contributed by atoms with Crippen molar-refractivity contribution in [2.24, 2.45) is 5.92 Å². The molecule has 1 aliphatic heterocycles. The van der Waals surface area contributed by atoms with Crippen LogP contribution in [0.15, 0.2) is 24.3 Å². The van der Waals surface area contributed by atoms with Crippen LogP contribution < -0.4 is 10.1 Å². The molecule has 0 bridgehead atoms. The van der Waals surface area contributed by atoms with Crippen LogP contribution in [0.4, 0.5) is 4.79 Å². The average Bonchev–Trinajstić information content (AvgIpc) is 3.40. The molecule has 0 radical (unpaired) electrons. The SMILES string of the molecule is COc1ccc([C@@H]2CC(=O)N(CC3CC3)C[C@H]2NC(=O)OC(C)(C)C)cc1.